The van der Waals surface area contributed by atoms with Gasteiger partial charge in [-0.2, -0.15) is 0 Å². The van der Waals surface area contributed by atoms with Crippen molar-refractivity contribution in [2.45, 2.75) is 65.6 Å². The molecule has 0 bridgehead atoms. The molecule has 1 aromatic heterocycles. The van der Waals surface area contributed by atoms with Crippen LogP contribution in [0.4, 0.5) is 0 Å². The Morgan fingerprint density at radius 1 is 1.16 bits per heavy atom. The van der Waals surface area contributed by atoms with Crippen LogP contribution in [0.25, 0.3) is 0 Å². The van der Waals surface area contributed by atoms with Crippen molar-refractivity contribution in [2.75, 3.05) is 0 Å². The molecule has 1 atom stereocenters. The van der Waals surface area contributed by atoms with Crippen LogP contribution < -0.4 is 4.78 Å². The molecule has 1 aliphatic heterocycles. The van der Waals surface area contributed by atoms with Crippen LogP contribution in [0.15, 0.2) is 12.1 Å². The van der Waals surface area contributed by atoms with Gasteiger partial charge in [-0.25, -0.2) is 0 Å². The van der Waals surface area contributed by atoms with E-state index in [2.05, 4.69) is 53.7 Å². The quantitative estimate of drug-likeness (QED) is 0.784. The fraction of sp³-hybridized carbons (Fsp3) is 0.733. The molecule has 106 valence electrons. The van der Waals surface area contributed by atoms with Crippen LogP contribution in [-0.2, 0) is 15.7 Å². The van der Waals surface area contributed by atoms with Crippen molar-refractivity contribution in [1.29, 1.82) is 0 Å². The van der Waals surface area contributed by atoms with E-state index < -0.39 is 0 Å². The lowest BCUT2D eigenvalue weighted by molar-refractivity contribution is 0.00578. The Morgan fingerprint density at radius 2 is 1.74 bits per heavy atom. The molecule has 1 fully saturated rings. The second-order valence-electron chi connectivity index (χ2n) is 6.61. The summed E-state index contributed by atoms with van der Waals surface area (Å²) in [5.74, 6) is 0.741. The summed E-state index contributed by atoms with van der Waals surface area (Å²) in [5.41, 5.74) is -0.503. The Kier molecular flexibility index (Phi) is 4.15. The van der Waals surface area contributed by atoms with E-state index in [9.17, 15) is 0 Å². The highest BCUT2D eigenvalue weighted by molar-refractivity contribution is 7.22. The van der Waals surface area contributed by atoms with Crippen molar-refractivity contribution in [3.8, 4) is 0 Å². The molecular formula is C15H25BO2S. The number of rotatable bonds is 4. The summed E-state index contributed by atoms with van der Waals surface area (Å²) in [4.78, 5) is 1.43. The topological polar surface area (TPSA) is 18.5 Å². The predicted octanol–water partition coefficient (Wildman–Crippen LogP) is 3.64. The molecule has 4 heteroatoms. The van der Waals surface area contributed by atoms with E-state index in [0.29, 0.717) is 0 Å². The highest BCUT2D eigenvalue weighted by atomic mass is 32.1. The van der Waals surface area contributed by atoms with E-state index in [0.717, 1.165) is 12.3 Å². The lowest BCUT2D eigenvalue weighted by Gasteiger charge is -2.32. The average molecular weight is 280 g/mol. The van der Waals surface area contributed by atoms with Crippen LogP contribution in [0.1, 0.15) is 52.8 Å². The Bertz CT molecular complexity index is 423. The summed E-state index contributed by atoms with van der Waals surface area (Å²) in [6, 6.07) is 4.38. The standard InChI is InChI=1S/C15H25BO2S/c1-7-11(2)10-12-8-9-13(19-12)16-17-14(3,4)15(5,6)18-16/h8-9,11H,7,10H2,1-6H3. The minimum absolute atomic E-state index is 0.208. The zero-order chi connectivity index (χ0) is 14.3. The zero-order valence-corrected chi connectivity index (χ0v) is 13.8. The van der Waals surface area contributed by atoms with E-state index in [1.165, 1.54) is 16.1 Å². The zero-order valence-electron chi connectivity index (χ0n) is 12.9. The Labute approximate surface area is 121 Å². The van der Waals surface area contributed by atoms with Crippen LogP contribution in [-0.4, -0.2) is 18.3 Å². The SMILES string of the molecule is CCC(C)Cc1ccc(B2OC(C)(C)C(C)(C)O2)s1. The smallest absolute Gasteiger partial charge is 0.399 e. The van der Waals surface area contributed by atoms with Crippen molar-refractivity contribution < 1.29 is 9.31 Å². The molecule has 0 aliphatic carbocycles. The third-order valence-electron chi connectivity index (χ3n) is 4.41. The highest BCUT2D eigenvalue weighted by Crippen LogP contribution is 2.37. The minimum Gasteiger partial charge on any atom is -0.399 e. The number of thiophene rings is 1. The molecule has 0 radical (unpaired) electrons. The maximum Gasteiger partial charge on any atom is 0.505 e. The molecule has 2 rings (SSSR count). The monoisotopic (exact) mass is 280 g/mol. The minimum atomic E-state index is -0.251. The molecule has 19 heavy (non-hydrogen) atoms. The molecule has 2 heterocycles. The third-order valence-corrected chi connectivity index (χ3v) is 5.54. The fourth-order valence-electron chi connectivity index (χ4n) is 2.08. The van der Waals surface area contributed by atoms with Gasteiger partial charge in [-0.05, 0) is 46.1 Å². The molecule has 0 saturated carbocycles. The van der Waals surface area contributed by atoms with Crippen molar-refractivity contribution in [3.63, 3.8) is 0 Å². The summed E-state index contributed by atoms with van der Waals surface area (Å²) >= 11 is 1.83. The molecule has 2 nitrogen and oxygen atoms in total. The van der Waals surface area contributed by atoms with Crippen LogP contribution in [0.2, 0.25) is 0 Å². The summed E-state index contributed by atoms with van der Waals surface area (Å²) in [5, 5.41) is 0. The maximum absolute atomic E-state index is 6.08. The van der Waals surface area contributed by atoms with Crippen molar-refractivity contribution in [3.05, 3.63) is 17.0 Å². The molecule has 0 spiro atoms. The number of hydrogen-bond acceptors (Lipinski definition) is 3. The summed E-state index contributed by atoms with van der Waals surface area (Å²) in [6.07, 6.45) is 2.38. The first kappa shape index (κ1) is 15.1. The predicted molar refractivity (Wildman–Crippen MR) is 83.2 cm³/mol. The Balaban J connectivity index is 2.08. The second kappa shape index (κ2) is 5.23. The van der Waals surface area contributed by atoms with Gasteiger partial charge in [0, 0.05) is 9.65 Å². The van der Waals surface area contributed by atoms with Crippen molar-refractivity contribution in [2.24, 2.45) is 5.92 Å². The van der Waals surface area contributed by atoms with Crippen molar-refractivity contribution in [1.82, 2.24) is 0 Å². The first-order valence-electron chi connectivity index (χ1n) is 7.19. The van der Waals surface area contributed by atoms with Crippen LogP contribution in [0, 0.1) is 5.92 Å². The molecular weight excluding hydrogens is 255 g/mol. The van der Waals surface area contributed by atoms with Gasteiger partial charge in [-0.15, -0.1) is 11.3 Å². The van der Waals surface area contributed by atoms with Gasteiger partial charge >= 0.3 is 7.12 Å². The third kappa shape index (κ3) is 3.06. The van der Waals surface area contributed by atoms with Gasteiger partial charge < -0.3 is 9.31 Å². The van der Waals surface area contributed by atoms with Crippen LogP contribution in [0.3, 0.4) is 0 Å². The lowest BCUT2D eigenvalue weighted by Crippen LogP contribution is -2.41. The van der Waals surface area contributed by atoms with Gasteiger partial charge in [-0.1, -0.05) is 26.3 Å². The van der Waals surface area contributed by atoms with Crippen molar-refractivity contribution >= 4 is 23.2 Å². The fourth-order valence-corrected chi connectivity index (χ4v) is 3.21. The average Bonchev–Trinajstić information content (AvgIpc) is 2.82. The first-order valence-corrected chi connectivity index (χ1v) is 8.01. The molecule has 1 aliphatic rings. The van der Waals surface area contributed by atoms with Gasteiger partial charge in [-0.3, -0.25) is 0 Å². The van der Waals surface area contributed by atoms with Gasteiger partial charge in [0.25, 0.3) is 0 Å². The summed E-state index contributed by atoms with van der Waals surface area (Å²) < 4.78 is 13.4. The maximum atomic E-state index is 6.08. The molecule has 0 N–H and O–H groups in total. The second-order valence-corrected chi connectivity index (χ2v) is 7.81. The Hall–Kier alpha value is -0.315. The van der Waals surface area contributed by atoms with E-state index in [1.54, 1.807) is 0 Å². The first-order chi connectivity index (χ1) is 8.75. The van der Waals surface area contributed by atoms with Gasteiger partial charge in [0.2, 0.25) is 0 Å². The summed E-state index contributed by atoms with van der Waals surface area (Å²) in [7, 11) is -0.208. The summed E-state index contributed by atoms with van der Waals surface area (Å²) in [6.45, 7) is 12.9. The Morgan fingerprint density at radius 3 is 2.26 bits per heavy atom. The molecule has 0 amide bonds. The van der Waals surface area contributed by atoms with E-state index in [1.807, 2.05) is 11.3 Å². The highest BCUT2D eigenvalue weighted by Gasteiger charge is 2.52. The van der Waals surface area contributed by atoms with Gasteiger partial charge in [0.15, 0.2) is 0 Å². The molecule has 1 saturated heterocycles. The number of hydrogen-bond donors (Lipinski definition) is 0. The van der Waals surface area contributed by atoms with Crippen LogP contribution in [0.5, 0.6) is 0 Å². The largest absolute Gasteiger partial charge is 0.505 e. The van der Waals surface area contributed by atoms with E-state index in [4.69, 9.17) is 9.31 Å². The van der Waals surface area contributed by atoms with Gasteiger partial charge in [0.05, 0.1) is 11.2 Å². The van der Waals surface area contributed by atoms with Gasteiger partial charge in [0.1, 0.15) is 0 Å². The van der Waals surface area contributed by atoms with Crippen LogP contribution >= 0.6 is 11.3 Å². The molecule has 1 aromatic rings. The normalized spacial score (nSPS) is 22.7. The van der Waals surface area contributed by atoms with E-state index >= 15 is 0 Å². The molecule has 1 unspecified atom stereocenters. The molecule has 0 aromatic carbocycles. The lowest BCUT2D eigenvalue weighted by atomic mass is 9.88. The van der Waals surface area contributed by atoms with E-state index in [-0.39, 0.29) is 18.3 Å².